The summed E-state index contributed by atoms with van der Waals surface area (Å²) in [6, 6.07) is 21.1. The number of para-hydroxylation sites is 2. The molecule has 8 heteroatoms. The fourth-order valence-corrected chi connectivity index (χ4v) is 5.45. The number of carbonyl (C=O) groups excluding carboxylic acids is 3. The summed E-state index contributed by atoms with van der Waals surface area (Å²) in [5.74, 6) is -0.286. The van der Waals surface area contributed by atoms with Gasteiger partial charge in [-0.15, -0.1) is 0 Å². The zero-order valence-electron chi connectivity index (χ0n) is 22.1. The molecule has 8 nitrogen and oxygen atoms in total. The van der Waals surface area contributed by atoms with Crippen molar-refractivity contribution in [2.75, 3.05) is 19.5 Å². The number of benzene rings is 3. The van der Waals surface area contributed by atoms with Crippen molar-refractivity contribution in [3.8, 4) is 11.4 Å². The standard InChI is InChI=1S/C31H31N3O5/c1-38-30(36)22-17-15-21(16-18-22)28-33-25-13-6-7-14-26(25)34(28)27(20-9-4-3-5-10-20)29(35)32-24-12-8-11-23(19-24)31(37)39-2/h6-8,11-20,27H,3-5,9-10H2,1-2H3,(H,32,35). The van der Waals surface area contributed by atoms with E-state index in [-0.39, 0.29) is 11.8 Å². The maximum Gasteiger partial charge on any atom is 0.337 e. The predicted octanol–water partition coefficient (Wildman–Crippen LogP) is 6.04. The number of esters is 2. The lowest BCUT2D eigenvalue weighted by Crippen LogP contribution is -2.33. The third kappa shape index (κ3) is 5.41. The van der Waals surface area contributed by atoms with E-state index in [9.17, 15) is 14.4 Å². The lowest BCUT2D eigenvalue weighted by Gasteiger charge is -2.32. The van der Waals surface area contributed by atoms with Crippen molar-refractivity contribution in [1.82, 2.24) is 9.55 Å². The molecule has 1 saturated carbocycles. The predicted molar refractivity (Wildman–Crippen MR) is 149 cm³/mol. The summed E-state index contributed by atoms with van der Waals surface area (Å²) in [5, 5.41) is 3.07. The number of fused-ring (bicyclic) bond motifs is 1. The Hall–Kier alpha value is -4.46. The maximum absolute atomic E-state index is 14.1. The first-order valence-electron chi connectivity index (χ1n) is 13.1. The first-order chi connectivity index (χ1) is 19.0. The Morgan fingerprint density at radius 3 is 2.26 bits per heavy atom. The quantitative estimate of drug-likeness (QED) is 0.296. The minimum atomic E-state index is -0.533. The number of nitrogens with one attached hydrogen (secondary N) is 1. The molecular weight excluding hydrogens is 494 g/mol. The van der Waals surface area contributed by atoms with Gasteiger partial charge in [0.2, 0.25) is 5.91 Å². The fourth-order valence-electron chi connectivity index (χ4n) is 5.45. The highest BCUT2D eigenvalue weighted by molar-refractivity contribution is 5.98. The van der Waals surface area contributed by atoms with Crippen molar-refractivity contribution >= 4 is 34.6 Å². The Morgan fingerprint density at radius 1 is 0.846 bits per heavy atom. The lowest BCUT2D eigenvalue weighted by molar-refractivity contribution is -0.121. The van der Waals surface area contributed by atoms with E-state index in [1.807, 2.05) is 41.0 Å². The summed E-state index contributed by atoms with van der Waals surface area (Å²) in [5.41, 5.74) is 3.77. The molecule has 0 bridgehead atoms. The van der Waals surface area contributed by atoms with Gasteiger partial charge in [0, 0.05) is 11.3 Å². The van der Waals surface area contributed by atoms with Crippen LogP contribution in [-0.2, 0) is 14.3 Å². The van der Waals surface area contributed by atoms with Crippen LogP contribution in [0, 0.1) is 5.92 Å². The minimum absolute atomic E-state index is 0.105. The molecule has 0 aliphatic heterocycles. The van der Waals surface area contributed by atoms with Crippen LogP contribution in [0.15, 0.2) is 72.8 Å². The van der Waals surface area contributed by atoms with E-state index in [0.29, 0.717) is 22.6 Å². The molecule has 1 atom stereocenters. The number of methoxy groups -OCH3 is 2. The van der Waals surface area contributed by atoms with Gasteiger partial charge in [0.1, 0.15) is 11.9 Å². The molecule has 3 aromatic carbocycles. The van der Waals surface area contributed by atoms with Crippen LogP contribution in [-0.4, -0.2) is 41.6 Å². The summed E-state index contributed by atoms with van der Waals surface area (Å²) in [6.07, 6.45) is 5.11. The molecule has 4 aromatic rings. The molecule has 1 aromatic heterocycles. The van der Waals surface area contributed by atoms with Crippen LogP contribution in [0.25, 0.3) is 22.4 Å². The smallest absolute Gasteiger partial charge is 0.337 e. The number of rotatable bonds is 7. The molecule has 200 valence electrons. The molecule has 5 rings (SSSR count). The number of hydrogen-bond donors (Lipinski definition) is 1. The van der Waals surface area contributed by atoms with Gasteiger partial charge in [-0.05, 0) is 61.2 Å². The summed E-state index contributed by atoms with van der Waals surface area (Å²) in [7, 11) is 2.68. The van der Waals surface area contributed by atoms with Crippen LogP contribution < -0.4 is 5.32 Å². The van der Waals surface area contributed by atoms with Crippen LogP contribution in [0.5, 0.6) is 0 Å². The molecule has 1 aliphatic carbocycles. The molecule has 39 heavy (non-hydrogen) atoms. The van der Waals surface area contributed by atoms with Crippen molar-refractivity contribution in [1.29, 1.82) is 0 Å². The summed E-state index contributed by atoms with van der Waals surface area (Å²) in [6.45, 7) is 0. The van der Waals surface area contributed by atoms with Gasteiger partial charge in [0.15, 0.2) is 0 Å². The van der Waals surface area contributed by atoms with Gasteiger partial charge in [-0.1, -0.05) is 49.6 Å². The average molecular weight is 526 g/mol. The number of hydrogen-bond acceptors (Lipinski definition) is 6. The van der Waals surface area contributed by atoms with Gasteiger partial charge < -0.3 is 19.4 Å². The molecule has 1 heterocycles. The van der Waals surface area contributed by atoms with Crippen molar-refractivity contribution in [3.05, 3.63) is 83.9 Å². The maximum atomic E-state index is 14.1. The molecule has 1 unspecified atom stereocenters. The number of carbonyl (C=O) groups is 3. The molecule has 1 fully saturated rings. The second-order valence-electron chi connectivity index (χ2n) is 9.77. The topological polar surface area (TPSA) is 99.5 Å². The average Bonchev–Trinajstić information content (AvgIpc) is 3.36. The Labute approximate surface area is 227 Å². The van der Waals surface area contributed by atoms with Crippen LogP contribution in [0.3, 0.4) is 0 Å². The molecule has 0 spiro atoms. The van der Waals surface area contributed by atoms with Crippen LogP contribution in [0.4, 0.5) is 5.69 Å². The number of amides is 1. The van der Waals surface area contributed by atoms with Crippen LogP contribution >= 0.6 is 0 Å². The fraction of sp³-hybridized carbons (Fsp3) is 0.290. The third-order valence-electron chi connectivity index (χ3n) is 7.35. The van der Waals surface area contributed by atoms with Crippen LogP contribution in [0.1, 0.15) is 58.9 Å². The Morgan fingerprint density at radius 2 is 1.54 bits per heavy atom. The minimum Gasteiger partial charge on any atom is -0.465 e. The van der Waals surface area contributed by atoms with Gasteiger partial charge in [-0.3, -0.25) is 4.79 Å². The largest absolute Gasteiger partial charge is 0.465 e. The molecular formula is C31H31N3O5. The first-order valence-corrected chi connectivity index (χ1v) is 13.1. The second kappa shape index (κ2) is 11.5. The van der Waals surface area contributed by atoms with E-state index >= 15 is 0 Å². The van der Waals surface area contributed by atoms with E-state index in [1.165, 1.54) is 14.2 Å². The summed E-state index contributed by atoms with van der Waals surface area (Å²) >= 11 is 0. The molecule has 0 saturated heterocycles. The highest BCUT2D eigenvalue weighted by atomic mass is 16.5. The van der Waals surface area contributed by atoms with Crippen molar-refractivity contribution < 1.29 is 23.9 Å². The zero-order chi connectivity index (χ0) is 27.4. The Balaban J connectivity index is 1.60. The van der Waals surface area contributed by atoms with E-state index in [1.54, 1.807) is 36.4 Å². The summed E-state index contributed by atoms with van der Waals surface area (Å²) < 4.78 is 11.7. The molecule has 1 amide bonds. The molecule has 1 N–H and O–H groups in total. The summed E-state index contributed by atoms with van der Waals surface area (Å²) in [4.78, 5) is 43.2. The van der Waals surface area contributed by atoms with Crippen LogP contribution in [0.2, 0.25) is 0 Å². The van der Waals surface area contributed by atoms with Crippen molar-refractivity contribution in [2.24, 2.45) is 5.92 Å². The normalized spacial score (nSPS) is 14.5. The number of imidazole rings is 1. The highest BCUT2D eigenvalue weighted by Crippen LogP contribution is 2.39. The van der Waals surface area contributed by atoms with E-state index < -0.39 is 18.0 Å². The van der Waals surface area contributed by atoms with Gasteiger partial charge in [0.05, 0.1) is 36.4 Å². The first kappa shape index (κ1) is 26.2. The Bertz CT molecular complexity index is 1500. The number of nitrogens with zero attached hydrogens (tertiary/aromatic N) is 2. The van der Waals surface area contributed by atoms with E-state index in [0.717, 1.165) is 48.7 Å². The van der Waals surface area contributed by atoms with Crippen molar-refractivity contribution in [3.63, 3.8) is 0 Å². The molecule has 1 aliphatic rings. The van der Waals surface area contributed by atoms with Gasteiger partial charge in [-0.25, -0.2) is 14.6 Å². The number of anilines is 1. The van der Waals surface area contributed by atoms with Gasteiger partial charge >= 0.3 is 11.9 Å². The van der Waals surface area contributed by atoms with E-state index in [2.05, 4.69) is 5.32 Å². The van der Waals surface area contributed by atoms with Gasteiger partial charge in [-0.2, -0.15) is 0 Å². The SMILES string of the molecule is COC(=O)c1ccc(-c2nc3ccccc3n2C(C(=O)Nc2cccc(C(=O)OC)c2)C2CCCCC2)cc1. The lowest BCUT2D eigenvalue weighted by atomic mass is 9.83. The monoisotopic (exact) mass is 525 g/mol. The highest BCUT2D eigenvalue weighted by Gasteiger charge is 2.34. The third-order valence-corrected chi connectivity index (χ3v) is 7.35. The number of aromatic nitrogens is 2. The van der Waals surface area contributed by atoms with E-state index in [4.69, 9.17) is 14.5 Å². The second-order valence-corrected chi connectivity index (χ2v) is 9.77. The number of ether oxygens (including phenoxy) is 2. The molecule has 0 radical (unpaired) electrons. The van der Waals surface area contributed by atoms with Crippen molar-refractivity contribution in [2.45, 2.75) is 38.1 Å². The Kier molecular flexibility index (Phi) is 7.72. The zero-order valence-corrected chi connectivity index (χ0v) is 22.1. The van der Waals surface area contributed by atoms with Gasteiger partial charge in [0.25, 0.3) is 0 Å².